The van der Waals surface area contributed by atoms with Gasteiger partial charge in [-0.2, -0.15) is 0 Å². The molecule has 0 spiro atoms. The molecule has 2 rings (SSSR count). The number of nitrogens with one attached hydrogen (secondary N) is 1. The fourth-order valence-corrected chi connectivity index (χ4v) is 2.05. The van der Waals surface area contributed by atoms with E-state index in [2.05, 4.69) is 5.43 Å². The maximum atomic E-state index is 9.38. The third kappa shape index (κ3) is 3.70. The fourth-order valence-electron chi connectivity index (χ4n) is 1.92. The number of halogens is 1. The highest BCUT2D eigenvalue weighted by Crippen LogP contribution is 2.25. The van der Waals surface area contributed by atoms with Crippen LogP contribution in [-0.2, 0) is 0 Å². The van der Waals surface area contributed by atoms with Crippen molar-refractivity contribution in [2.75, 3.05) is 14.1 Å². The summed E-state index contributed by atoms with van der Waals surface area (Å²) in [6.45, 7) is 0. The normalized spacial score (nSPS) is 12.6. The van der Waals surface area contributed by atoms with Gasteiger partial charge in [-0.1, -0.05) is 35.9 Å². The molecule has 0 fully saturated rings. The molecule has 2 aromatic rings. The lowest BCUT2D eigenvalue weighted by atomic mass is 9.99. The zero-order valence-electron chi connectivity index (χ0n) is 11.0. The second-order valence-corrected chi connectivity index (χ2v) is 5.04. The second kappa shape index (κ2) is 6.06. The summed E-state index contributed by atoms with van der Waals surface area (Å²) >= 11 is 5.92. The number of phenols is 1. The zero-order chi connectivity index (χ0) is 13.8. The third-order valence-electron chi connectivity index (χ3n) is 2.82. The average molecular weight is 277 g/mol. The van der Waals surface area contributed by atoms with E-state index >= 15 is 0 Å². The molecule has 0 heterocycles. The van der Waals surface area contributed by atoms with Crippen molar-refractivity contribution in [2.45, 2.75) is 6.04 Å². The molecular weight excluding hydrogens is 260 g/mol. The summed E-state index contributed by atoms with van der Waals surface area (Å²) in [6, 6.07) is 15.0. The molecule has 1 atom stereocenters. The van der Waals surface area contributed by atoms with Crippen molar-refractivity contribution in [1.29, 1.82) is 0 Å². The van der Waals surface area contributed by atoms with Crippen molar-refractivity contribution >= 4 is 11.6 Å². The molecule has 19 heavy (non-hydrogen) atoms. The van der Waals surface area contributed by atoms with Crippen molar-refractivity contribution in [3.63, 3.8) is 0 Å². The minimum Gasteiger partial charge on any atom is -0.508 e. The lowest BCUT2D eigenvalue weighted by molar-refractivity contribution is 0.261. The van der Waals surface area contributed by atoms with Crippen LogP contribution in [0.25, 0.3) is 0 Å². The molecule has 2 N–H and O–H groups in total. The van der Waals surface area contributed by atoms with E-state index in [-0.39, 0.29) is 11.8 Å². The van der Waals surface area contributed by atoms with Crippen LogP contribution in [0.5, 0.6) is 5.75 Å². The zero-order valence-corrected chi connectivity index (χ0v) is 11.7. The molecular formula is C15H17ClN2O. The van der Waals surface area contributed by atoms with Crippen LogP contribution in [-0.4, -0.2) is 24.2 Å². The topological polar surface area (TPSA) is 35.5 Å². The van der Waals surface area contributed by atoms with Crippen LogP contribution in [0.4, 0.5) is 0 Å². The molecule has 1 unspecified atom stereocenters. The van der Waals surface area contributed by atoms with Crippen molar-refractivity contribution in [1.82, 2.24) is 10.4 Å². The molecule has 0 aliphatic carbocycles. The quantitative estimate of drug-likeness (QED) is 0.842. The summed E-state index contributed by atoms with van der Waals surface area (Å²) in [4.78, 5) is 0. The van der Waals surface area contributed by atoms with Crippen LogP contribution in [0, 0.1) is 0 Å². The maximum Gasteiger partial charge on any atom is 0.115 e. The SMILES string of the molecule is CN(C)NC(c1ccc(O)cc1)c1ccc(Cl)cc1. The van der Waals surface area contributed by atoms with Gasteiger partial charge in [0.2, 0.25) is 0 Å². The van der Waals surface area contributed by atoms with E-state index in [9.17, 15) is 5.11 Å². The smallest absolute Gasteiger partial charge is 0.115 e. The molecule has 4 heteroatoms. The van der Waals surface area contributed by atoms with Crippen molar-refractivity contribution in [2.24, 2.45) is 0 Å². The highest BCUT2D eigenvalue weighted by Gasteiger charge is 2.14. The minimum absolute atomic E-state index is 0.0212. The molecule has 0 saturated heterocycles. The molecule has 0 saturated carbocycles. The number of aromatic hydroxyl groups is 1. The Kier molecular flexibility index (Phi) is 4.43. The Bertz CT molecular complexity index is 477. The second-order valence-electron chi connectivity index (χ2n) is 4.60. The molecule has 0 aliphatic rings. The van der Waals surface area contributed by atoms with Crippen molar-refractivity contribution in [3.8, 4) is 5.75 Å². The first kappa shape index (κ1) is 13.9. The van der Waals surface area contributed by atoms with E-state index < -0.39 is 0 Å². The van der Waals surface area contributed by atoms with Crippen LogP contribution < -0.4 is 5.43 Å². The number of benzene rings is 2. The fraction of sp³-hybridized carbons (Fsp3) is 0.200. The Morgan fingerprint density at radius 3 is 1.89 bits per heavy atom. The van der Waals surface area contributed by atoms with E-state index in [0.717, 1.165) is 16.1 Å². The van der Waals surface area contributed by atoms with Gasteiger partial charge in [0.15, 0.2) is 0 Å². The molecule has 2 aromatic carbocycles. The Balaban J connectivity index is 2.35. The van der Waals surface area contributed by atoms with E-state index in [0.29, 0.717) is 0 Å². The summed E-state index contributed by atoms with van der Waals surface area (Å²) in [5, 5.41) is 12.0. The van der Waals surface area contributed by atoms with Crippen LogP contribution in [0.1, 0.15) is 17.2 Å². The summed E-state index contributed by atoms with van der Waals surface area (Å²) in [6.07, 6.45) is 0. The Hall–Kier alpha value is -1.55. The van der Waals surface area contributed by atoms with Crippen LogP contribution in [0.15, 0.2) is 48.5 Å². The number of hydrazine groups is 1. The van der Waals surface area contributed by atoms with Gasteiger partial charge in [-0.3, -0.25) is 0 Å². The van der Waals surface area contributed by atoms with Crippen molar-refractivity contribution < 1.29 is 5.11 Å². The first-order valence-electron chi connectivity index (χ1n) is 6.04. The minimum atomic E-state index is 0.0212. The van der Waals surface area contributed by atoms with Gasteiger partial charge in [0, 0.05) is 19.1 Å². The summed E-state index contributed by atoms with van der Waals surface area (Å²) in [5.74, 6) is 0.267. The number of hydrogen-bond donors (Lipinski definition) is 2. The highest BCUT2D eigenvalue weighted by molar-refractivity contribution is 6.30. The average Bonchev–Trinajstić information content (AvgIpc) is 2.38. The summed E-state index contributed by atoms with van der Waals surface area (Å²) in [5.41, 5.74) is 5.55. The van der Waals surface area contributed by atoms with Crippen molar-refractivity contribution in [3.05, 3.63) is 64.7 Å². The molecule has 0 bridgehead atoms. The van der Waals surface area contributed by atoms with Gasteiger partial charge in [-0.05, 0) is 35.4 Å². The van der Waals surface area contributed by atoms with Gasteiger partial charge in [-0.25, -0.2) is 10.4 Å². The van der Waals surface area contributed by atoms with Crippen LogP contribution >= 0.6 is 11.6 Å². The number of nitrogens with zero attached hydrogens (tertiary/aromatic N) is 1. The first-order valence-corrected chi connectivity index (χ1v) is 6.42. The molecule has 0 aliphatic heterocycles. The molecule has 0 aromatic heterocycles. The number of phenolic OH excluding ortho intramolecular Hbond substituents is 1. The summed E-state index contributed by atoms with van der Waals surface area (Å²) in [7, 11) is 3.90. The Labute approximate surface area is 118 Å². The predicted molar refractivity (Wildman–Crippen MR) is 78.2 cm³/mol. The van der Waals surface area contributed by atoms with Crippen LogP contribution in [0.3, 0.4) is 0 Å². The van der Waals surface area contributed by atoms with Gasteiger partial charge in [0.05, 0.1) is 6.04 Å². The van der Waals surface area contributed by atoms with E-state index in [1.165, 1.54) is 0 Å². The molecule has 3 nitrogen and oxygen atoms in total. The van der Waals surface area contributed by atoms with Gasteiger partial charge in [0.25, 0.3) is 0 Å². The van der Waals surface area contributed by atoms with Gasteiger partial charge in [-0.15, -0.1) is 0 Å². The summed E-state index contributed by atoms with van der Waals surface area (Å²) < 4.78 is 0. The van der Waals surface area contributed by atoms with E-state index in [1.807, 2.05) is 55.5 Å². The lowest BCUT2D eigenvalue weighted by Gasteiger charge is -2.24. The first-order chi connectivity index (χ1) is 9.06. The number of hydrogen-bond acceptors (Lipinski definition) is 3. The standard InChI is InChI=1S/C15H17ClN2O/c1-18(2)17-15(11-3-7-13(16)8-4-11)12-5-9-14(19)10-6-12/h3-10,15,17,19H,1-2H3. The maximum absolute atomic E-state index is 9.38. The van der Waals surface area contributed by atoms with Gasteiger partial charge >= 0.3 is 0 Å². The molecule has 100 valence electrons. The molecule has 0 radical (unpaired) electrons. The van der Waals surface area contributed by atoms with Gasteiger partial charge < -0.3 is 5.11 Å². The highest BCUT2D eigenvalue weighted by atomic mass is 35.5. The van der Waals surface area contributed by atoms with E-state index in [4.69, 9.17) is 11.6 Å². The third-order valence-corrected chi connectivity index (χ3v) is 3.07. The Morgan fingerprint density at radius 1 is 0.947 bits per heavy atom. The Morgan fingerprint density at radius 2 is 1.42 bits per heavy atom. The lowest BCUT2D eigenvalue weighted by Crippen LogP contribution is -2.34. The van der Waals surface area contributed by atoms with E-state index in [1.54, 1.807) is 12.1 Å². The number of rotatable bonds is 4. The molecule has 0 amide bonds. The monoisotopic (exact) mass is 276 g/mol. The van der Waals surface area contributed by atoms with Crippen LogP contribution in [0.2, 0.25) is 5.02 Å². The largest absolute Gasteiger partial charge is 0.508 e. The predicted octanol–water partition coefficient (Wildman–Crippen LogP) is 3.20. The van der Waals surface area contributed by atoms with Gasteiger partial charge in [0.1, 0.15) is 5.75 Å².